The summed E-state index contributed by atoms with van der Waals surface area (Å²) in [5, 5.41) is 9.30. The first-order valence-corrected chi connectivity index (χ1v) is 6.13. The predicted octanol–water partition coefficient (Wildman–Crippen LogP) is 3.70. The molecule has 1 aliphatic carbocycles. The van der Waals surface area contributed by atoms with Crippen LogP contribution in [0, 0.1) is 28.5 Å². The Morgan fingerprint density at radius 1 is 1.61 bits per heavy atom. The highest BCUT2D eigenvalue weighted by Gasteiger charge is 2.52. The number of hydrogen-bond acceptors (Lipinski definition) is 2. The number of carbonyl (C=O) groups excluding carboxylic acids is 1. The molecule has 0 aromatic heterocycles. The van der Waals surface area contributed by atoms with Crippen LogP contribution in [0.4, 0.5) is 4.39 Å². The molecule has 4 heteroatoms. The lowest BCUT2D eigenvalue weighted by Crippen LogP contribution is -2.16. The average molecular weight is 266 g/mol. The molecule has 0 saturated heterocycles. The van der Waals surface area contributed by atoms with Crippen LogP contribution < -0.4 is 0 Å². The molecule has 0 spiro atoms. The highest BCUT2D eigenvalue weighted by atomic mass is 35.5. The Balaban J connectivity index is 2.30. The number of Topliss-reactive ketones (excluding diaryl/α,β-unsaturated/α-hetero) is 1. The summed E-state index contributed by atoms with van der Waals surface area (Å²) in [6.45, 7) is 3.99. The second-order valence-electron chi connectivity index (χ2n) is 5.38. The fourth-order valence-electron chi connectivity index (χ4n) is 2.18. The molecule has 1 aliphatic rings. The van der Waals surface area contributed by atoms with Crippen LogP contribution in [-0.2, 0) is 4.79 Å². The standard InChI is InChI=1S/C14H13ClFNO/c1-14(2)6-11(14)13(18)10(7-17)9-4-3-8(16)5-12(9)15/h3-5,10-11H,6H2,1-2H3. The van der Waals surface area contributed by atoms with Crippen LogP contribution in [0.15, 0.2) is 18.2 Å². The Kier molecular flexibility index (Phi) is 3.16. The minimum Gasteiger partial charge on any atom is -0.298 e. The van der Waals surface area contributed by atoms with Crippen molar-refractivity contribution in [3.63, 3.8) is 0 Å². The van der Waals surface area contributed by atoms with Gasteiger partial charge < -0.3 is 0 Å². The number of hydrogen-bond donors (Lipinski definition) is 0. The number of carbonyl (C=O) groups is 1. The molecule has 1 aromatic rings. The molecule has 1 saturated carbocycles. The Bertz CT molecular complexity index is 547. The molecule has 2 atom stereocenters. The van der Waals surface area contributed by atoms with Gasteiger partial charge in [-0.1, -0.05) is 31.5 Å². The number of nitrogens with zero attached hydrogens (tertiary/aromatic N) is 1. The van der Waals surface area contributed by atoms with Gasteiger partial charge in [-0.05, 0) is 29.5 Å². The van der Waals surface area contributed by atoms with Crippen molar-refractivity contribution in [2.24, 2.45) is 11.3 Å². The van der Waals surface area contributed by atoms with Gasteiger partial charge in [0.2, 0.25) is 0 Å². The van der Waals surface area contributed by atoms with Crippen molar-refractivity contribution >= 4 is 17.4 Å². The van der Waals surface area contributed by atoms with Crippen molar-refractivity contribution in [1.29, 1.82) is 5.26 Å². The topological polar surface area (TPSA) is 40.9 Å². The van der Waals surface area contributed by atoms with Crippen LogP contribution in [0.2, 0.25) is 5.02 Å². The first-order valence-electron chi connectivity index (χ1n) is 5.75. The van der Waals surface area contributed by atoms with E-state index in [1.807, 2.05) is 19.9 Å². The molecule has 2 rings (SSSR count). The van der Waals surface area contributed by atoms with Gasteiger partial charge in [0.25, 0.3) is 0 Å². The van der Waals surface area contributed by atoms with Gasteiger partial charge in [0, 0.05) is 10.9 Å². The van der Waals surface area contributed by atoms with Crippen LogP contribution in [0.3, 0.4) is 0 Å². The Hall–Kier alpha value is -1.40. The summed E-state index contributed by atoms with van der Waals surface area (Å²) in [7, 11) is 0. The van der Waals surface area contributed by atoms with Gasteiger partial charge in [-0.15, -0.1) is 0 Å². The quantitative estimate of drug-likeness (QED) is 0.836. The normalized spacial score (nSPS) is 22.1. The van der Waals surface area contributed by atoms with Crippen LogP contribution in [0.5, 0.6) is 0 Å². The molecule has 0 aliphatic heterocycles. The molecule has 0 bridgehead atoms. The number of halogens is 2. The highest BCUT2D eigenvalue weighted by molar-refractivity contribution is 6.31. The number of ketones is 1. The van der Waals surface area contributed by atoms with E-state index in [0.29, 0.717) is 5.56 Å². The third-order valence-electron chi connectivity index (χ3n) is 3.54. The minimum atomic E-state index is -0.898. The van der Waals surface area contributed by atoms with Gasteiger partial charge in [0.15, 0.2) is 5.78 Å². The number of nitriles is 1. The second kappa shape index (κ2) is 4.37. The molecule has 1 aromatic carbocycles. The summed E-state index contributed by atoms with van der Waals surface area (Å²) >= 11 is 5.90. The van der Waals surface area contributed by atoms with Crippen LogP contribution in [-0.4, -0.2) is 5.78 Å². The molecule has 2 nitrogen and oxygen atoms in total. The Morgan fingerprint density at radius 3 is 2.67 bits per heavy atom. The largest absolute Gasteiger partial charge is 0.298 e. The maximum Gasteiger partial charge on any atom is 0.158 e. The van der Waals surface area contributed by atoms with E-state index in [0.717, 1.165) is 12.5 Å². The van der Waals surface area contributed by atoms with E-state index in [4.69, 9.17) is 16.9 Å². The zero-order chi connectivity index (χ0) is 13.5. The van der Waals surface area contributed by atoms with E-state index in [2.05, 4.69) is 0 Å². The summed E-state index contributed by atoms with van der Waals surface area (Å²) in [5.74, 6) is -1.58. The smallest absolute Gasteiger partial charge is 0.158 e. The van der Waals surface area contributed by atoms with Crippen molar-refractivity contribution in [2.45, 2.75) is 26.2 Å². The van der Waals surface area contributed by atoms with Crippen molar-refractivity contribution in [3.8, 4) is 6.07 Å². The SMILES string of the molecule is CC1(C)CC1C(=O)C(C#N)c1ccc(F)cc1Cl. The molecule has 0 heterocycles. The lowest BCUT2D eigenvalue weighted by atomic mass is 9.91. The first kappa shape index (κ1) is 13.0. The highest BCUT2D eigenvalue weighted by Crippen LogP contribution is 2.54. The maximum absolute atomic E-state index is 13.0. The van der Waals surface area contributed by atoms with E-state index >= 15 is 0 Å². The maximum atomic E-state index is 13.0. The Labute approximate surface area is 110 Å². The monoisotopic (exact) mass is 265 g/mol. The summed E-state index contributed by atoms with van der Waals surface area (Å²) < 4.78 is 13.0. The van der Waals surface area contributed by atoms with Gasteiger partial charge in [-0.2, -0.15) is 5.26 Å². The molecule has 0 amide bonds. The second-order valence-corrected chi connectivity index (χ2v) is 5.78. The zero-order valence-corrected chi connectivity index (χ0v) is 11.0. The summed E-state index contributed by atoms with van der Waals surface area (Å²) in [6, 6.07) is 5.75. The molecule has 0 N–H and O–H groups in total. The van der Waals surface area contributed by atoms with E-state index in [9.17, 15) is 9.18 Å². The third kappa shape index (κ3) is 2.26. The van der Waals surface area contributed by atoms with Crippen LogP contribution in [0.1, 0.15) is 31.7 Å². The van der Waals surface area contributed by atoms with Gasteiger partial charge in [0.1, 0.15) is 11.7 Å². The molecule has 94 valence electrons. The van der Waals surface area contributed by atoms with Crippen LogP contribution in [0.25, 0.3) is 0 Å². The van der Waals surface area contributed by atoms with Crippen LogP contribution >= 0.6 is 11.6 Å². The summed E-state index contributed by atoms with van der Waals surface area (Å²) in [5.41, 5.74) is 0.367. The summed E-state index contributed by atoms with van der Waals surface area (Å²) in [6.07, 6.45) is 0.794. The van der Waals surface area contributed by atoms with Gasteiger partial charge in [0.05, 0.1) is 6.07 Å². The van der Waals surface area contributed by atoms with Crippen molar-refractivity contribution < 1.29 is 9.18 Å². The van der Waals surface area contributed by atoms with E-state index in [-0.39, 0.29) is 22.1 Å². The number of benzene rings is 1. The lowest BCUT2D eigenvalue weighted by Gasteiger charge is -2.11. The number of rotatable bonds is 3. The molecule has 2 unspecified atom stereocenters. The molecule has 1 fully saturated rings. The first-order chi connectivity index (χ1) is 8.36. The van der Waals surface area contributed by atoms with E-state index in [1.165, 1.54) is 12.1 Å². The average Bonchev–Trinajstić information content (AvgIpc) is 2.91. The lowest BCUT2D eigenvalue weighted by molar-refractivity contribution is -0.121. The zero-order valence-electron chi connectivity index (χ0n) is 10.2. The van der Waals surface area contributed by atoms with Crippen molar-refractivity contribution in [1.82, 2.24) is 0 Å². The fourth-order valence-corrected chi connectivity index (χ4v) is 2.45. The van der Waals surface area contributed by atoms with Gasteiger partial charge >= 0.3 is 0 Å². The molecule has 18 heavy (non-hydrogen) atoms. The van der Waals surface area contributed by atoms with Gasteiger partial charge in [-0.25, -0.2) is 4.39 Å². The van der Waals surface area contributed by atoms with Crippen molar-refractivity contribution in [3.05, 3.63) is 34.6 Å². The van der Waals surface area contributed by atoms with Gasteiger partial charge in [-0.3, -0.25) is 4.79 Å². The third-order valence-corrected chi connectivity index (χ3v) is 3.87. The Morgan fingerprint density at radius 2 is 2.22 bits per heavy atom. The fraction of sp³-hybridized carbons (Fsp3) is 0.429. The molecular weight excluding hydrogens is 253 g/mol. The van der Waals surface area contributed by atoms with E-state index in [1.54, 1.807) is 0 Å². The summed E-state index contributed by atoms with van der Waals surface area (Å²) in [4.78, 5) is 12.2. The molecule has 0 radical (unpaired) electrons. The van der Waals surface area contributed by atoms with Crippen molar-refractivity contribution in [2.75, 3.05) is 0 Å². The minimum absolute atomic E-state index is 0.0291. The predicted molar refractivity (Wildman–Crippen MR) is 66.7 cm³/mol. The molecular formula is C14H13ClFNO. The van der Waals surface area contributed by atoms with E-state index < -0.39 is 11.7 Å².